The Morgan fingerprint density at radius 1 is 0.842 bits per heavy atom. The lowest BCUT2D eigenvalue weighted by Gasteiger charge is -2.12. The highest BCUT2D eigenvalue weighted by atomic mass is 16.1. The van der Waals surface area contributed by atoms with Crippen molar-refractivity contribution in [3.8, 4) is 0 Å². The molecule has 0 bridgehead atoms. The first kappa shape index (κ1) is 27.6. The number of nitrogen functional groups attached to an aromatic ring is 1. The van der Waals surface area contributed by atoms with E-state index in [1.807, 2.05) is 18.2 Å². The number of amides is 1. The maximum atomic E-state index is 12.3. The van der Waals surface area contributed by atoms with Crippen molar-refractivity contribution in [3.05, 3.63) is 65.5 Å². The van der Waals surface area contributed by atoms with Crippen molar-refractivity contribution in [1.82, 2.24) is 19.9 Å². The van der Waals surface area contributed by atoms with Crippen molar-refractivity contribution in [1.29, 1.82) is 0 Å². The number of hydrogen-bond donors (Lipinski definition) is 2. The minimum absolute atomic E-state index is 0.145. The van der Waals surface area contributed by atoms with Crippen LogP contribution in [-0.4, -0.2) is 20.4 Å². The van der Waals surface area contributed by atoms with Crippen LogP contribution in [-0.2, 0) is 24.3 Å². The molecule has 0 aliphatic carbocycles. The first-order valence-corrected chi connectivity index (χ1v) is 14.5. The second-order valence-electron chi connectivity index (χ2n) is 10.4. The number of benzene rings is 2. The number of anilines is 1. The van der Waals surface area contributed by atoms with Crippen LogP contribution >= 0.6 is 0 Å². The Hall–Kier alpha value is -3.41. The zero-order chi connectivity index (χ0) is 26.7. The van der Waals surface area contributed by atoms with Crippen LogP contribution in [0.3, 0.4) is 0 Å². The lowest BCUT2D eigenvalue weighted by Crippen LogP contribution is -2.22. The molecule has 0 fully saturated rings. The predicted octanol–water partition coefficient (Wildman–Crippen LogP) is 7.31. The lowest BCUT2D eigenvalue weighted by atomic mass is 10.1. The number of imidazole rings is 1. The molecule has 0 unspecified atom stereocenters. The number of unbranched alkanes of at least 4 members (excludes halogenated alkanes) is 7. The van der Waals surface area contributed by atoms with E-state index in [1.54, 1.807) is 0 Å². The minimum Gasteiger partial charge on any atom is -0.382 e. The molecule has 2 heterocycles. The van der Waals surface area contributed by atoms with E-state index in [4.69, 9.17) is 10.7 Å². The van der Waals surface area contributed by atoms with E-state index >= 15 is 0 Å². The number of nitrogens with one attached hydrogen (secondary N) is 1. The summed E-state index contributed by atoms with van der Waals surface area (Å²) < 4.78 is 2.31. The molecule has 0 saturated heterocycles. The number of pyridine rings is 1. The van der Waals surface area contributed by atoms with Crippen LogP contribution in [0.1, 0.15) is 95.0 Å². The van der Waals surface area contributed by atoms with Crippen LogP contribution in [0.25, 0.3) is 21.9 Å². The highest BCUT2D eigenvalue weighted by molar-refractivity contribution is 6.06. The number of rotatable bonds is 15. The van der Waals surface area contributed by atoms with Gasteiger partial charge in [0.15, 0.2) is 5.82 Å². The Morgan fingerprint density at radius 2 is 1.53 bits per heavy atom. The molecule has 4 aromatic rings. The fourth-order valence-corrected chi connectivity index (χ4v) is 5.08. The molecule has 0 saturated carbocycles. The van der Waals surface area contributed by atoms with Crippen LogP contribution in [0.5, 0.6) is 0 Å². The predicted molar refractivity (Wildman–Crippen MR) is 158 cm³/mol. The van der Waals surface area contributed by atoms with Gasteiger partial charge in [-0.25, -0.2) is 9.97 Å². The summed E-state index contributed by atoms with van der Waals surface area (Å²) in [5, 5.41) is 4.16. The Balaban J connectivity index is 1.40. The molecule has 0 spiro atoms. The van der Waals surface area contributed by atoms with Crippen LogP contribution in [0.4, 0.5) is 5.82 Å². The molecule has 202 valence electrons. The zero-order valence-corrected chi connectivity index (χ0v) is 23.1. The topological polar surface area (TPSA) is 85.8 Å². The smallest absolute Gasteiger partial charge is 0.220 e. The normalized spacial score (nSPS) is 11.4. The molecule has 2 aromatic carbocycles. The summed E-state index contributed by atoms with van der Waals surface area (Å²) in [5.74, 6) is 1.68. The summed E-state index contributed by atoms with van der Waals surface area (Å²) in [5.41, 5.74) is 11.4. The van der Waals surface area contributed by atoms with Crippen LogP contribution in [0.2, 0.25) is 0 Å². The monoisotopic (exact) mass is 513 g/mol. The van der Waals surface area contributed by atoms with Crippen molar-refractivity contribution in [2.45, 2.75) is 97.6 Å². The molecule has 0 radical (unpaired) electrons. The van der Waals surface area contributed by atoms with Gasteiger partial charge in [0.2, 0.25) is 5.91 Å². The minimum atomic E-state index is 0.145. The summed E-state index contributed by atoms with van der Waals surface area (Å²) >= 11 is 0. The molecular weight excluding hydrogens is 470 g/mol. The van der Waals surface area contributed by atoms with Gasteiger partial charge in [0.05, 0.1) is 11.0 Å². The average molecular weight is 514 g/mol. The van der Waals surface area contributed by atoms with Crippen molar-refractivity contribution < 1.29 is 4.79 Å². The number of nitrogens with two attached hydrogens (primary N) is 1. The summed E-state index contributed by atoms with van der Waals surface area (Å²) in [7, 11) is 0. The Morgan fingerprint density at radius 3 is 2.29 bits per heavy atom. The average Bonchev–Trinajstić information content (AvgIpc) is 3.30. The van der Waals surface area contributed by atoms with Gasteiger partial charge in [-0.3, -0.25) is 4.79 Å². The zero-order valence-electron chi connectivity index (χ0n) is 23.1. The van der Waals surface area contributed by atoms with E-state index in [9.17, 15) is 4.79 Å². The molecule has 4 rings (SSSR count). The Bertz CT molecular complexity index is 1330. The van der Waals surface area contributed by atoms with Gasteiger partial charge in [-0.05, 0) is 30.0 Å². The Labute approximate surface area is 227 Å². The van der Waals surface area contributed by atoms with Gasteiger partial charge in [-0.2, -0.15) is 0 Å². The second-order valence-corrected chi connectivity index (χ2v) is 10.4. The molecule has 0 aliphatic rings. The van der Waals surface area contributed by atoms with Crippen LogP contribution in [0, 0.1) is 0 Å². The fraction of sp³-hybridized carbons (Fsp3) is 0.469. The maximum Gasteiger partial charge on any atom is 0.220 e. The number of carbonyl (C=O) groups is 1. The van der Waals surface area contributed by atoms with Crippen molar-refractivity contribution >= 4 is 33.7 Å². The molecular formula is C32H43N5O. The first-order valence-electron chi connectivity index (χ1n) is 14.5. The van der Waals surface area contributed by atoms with Gasteiger partial charge in [-0.15, -0.1) is 0 Å². The standard InChI is InChI=1S/C32H43N5O/c1-3-5-7-8-9-10-11-17-29(38)34-22-24-18-20-25(21-19-24)23-37-28(16-6-4-2)36-30-31(37)26-14-12-13-15-27(26)35-32(30)33/h12-15,18-21H,3-11,16-17,22-23H2,1-2H3,(H2,33,35)(H,34,38). The third-order valence-electron chi connectivity index (χ3n) is 7.30. The summed E-state index contributed by atoms with van der Waals surface area (Å²) in [4.78, 5) is 21.8. The number of nitrogens with zero attached hydrogens (tertiary/aromatic N) is 3. The summed E-state index contributed by atoms with van der Waals surface area (Å²) in [6.07, 6.45) is 12.3. The number of carbonyl (C=O) groups excluding carboxylic acids is 1. The van der Waals surface area contributed by atoms with Gasteiger partial charge in [0.1, 0.15) is 11.3 Å². The number of fused-ring (bicyclic) bond motifs is 3. The van der Waals surface area contributed by atoms with Gasteiger partial charge in [0, 0.05) is 31.3 Å². The first-order chi connectivity index (χ1) is 18.6. The van der Waals surface area contributed by atoms with E-state index < -0.39 is 0 Å². The third kappa shape index (κ3) is 7.12. The SMILES string of the molecule is CCCCCCCCCC(=O)NCc1ccc(Cn2c(CCCC)nc3c(N)nc4ccccc4c32)cc1. The molecule has 2 aromatic heterocycles. The molecule has 6 heteroatoms. The maximum absolute atomic E-state index is 12.3. The number of aryl methyl sites for hydroxylation is 1. The second kappa shape index (κ2) is 13.9. The molecule has 38 heavy (non-hydrogen) atoms. The van der Waals surface area contributed by atoms with Crippen LogP contribution in [0.15, 0.2) is 48.5 Å². The largest absolute Gasteiger partial charge is 0.382 e. The number of hydrogen-bond acceptors (Lipinski definition) is 4. The molecule has 0 aliphatic heterocycles. The van der Waals surface area contributed by atoms with E-state index in [-0.39, 0.29) is 5.91 Å². The van der Waals surface area contributed by atoms with Gasteiger partial charge in [0.25, 0.3) is 0 Å². The van der Waals surface area contributed by atoms with Crippen molar-refractivity contribution in [2.75, 3.05) is 5.73 Å². The van der Waals surface area contributed by atoms with E-state index in [0.717, 1.165) is 65.4 Å². The number of aromatic nitrogens is 3. The lowest BCUT2D eigenvalue weighted by molar-refractivity contribution is -0.121. The molecule has 0 atom stereocenters. The van der Waals surface area contributed by atoms with Gasteiger partial charge in [-0.1, -0.05) is 101 Å². The van der Waals surface area contributed by atoms with Crippen molar-refractivity contribution in [3.63, 3.8) is 0 Å². The van der Waals surface area contributed by atoms with E-state index in [2.05, 4.69) is 59.0 Å². The molecule has 3 N–H and O–H groups in total. The highest BCUT2D eigenvalue weighted by Crippen LogP contribution is 2.30. The van der Waals surface area contributed by atoms with Crippen molar-refractivity contribution in [2.24, 2.45) is 0 Å². The van der Waals surface area contributed by atoms with Crippen LogP contribution < -0.4 is 11.1 Å². The summed E-state index contributed by atoms with van der Waals surface area (Å²) in [6.45, 7) is 5.72. The van der Waals surface area contributed by atoms with Gasteiger partial charge < -0.3 is 15.6 Å². The van der Waals surface area contributed by atoms with E-state index in [0.29, 0.717) is 25.3 Å². The summed E-state index contributed by atoms with van der Waals surface area (Å²) in [6, 6.07) is 16.7. The number of para-hydroxylation sites is 1. The fourth-order valence-electron chi connectivity index (χ4n) is 5.08. The van der Waals surface area contributed by atoms with Gasteiger partial charge >= 0.3 is 0 Å². The molecule has 6 nitrogen and oxygen atoms in total. The quantitative estimate of drug-likeness (QED) is 0.163. The Kier molecular flexibility index (Phi) is 10.1. The highest BCUT2D eigenvalue weighted by Gasteiger charge is 2.17. The molecule has 1 amide bonds. The third-order valence-corrected chi connectivity index (χ3v) is 7.30. The van der Waals surface area contributed by atoms with E-state index in [1.165, 1.54) is 37.7 Å².